The molecule has 2 N–H and O–H groups in total. The zero-order valence-corrected chi connectivity index (χ0v) is 7.96. The van der Waals surface area contributed by atoms with E-state index < -0.39 is 0 Å². The van der Waals surface area contributed by atoms with Crippen molar-refractivity contribution in [3.63, 3.8) is 0 Å². The minimum absolute atomic E-state index is 0.276. The first kappa shape index (κ1) is 8.82. The second-order valence-corrected chi connectivity index (χ2v) is 4.00. The van der Waals surface area contributed by atoms with Gasteiger partial charge in [-0.3, -0.25) is 0 Å². The van der Waals surface area contributed by atoms with Crippen molar-refractivity contribution in [2.45, 2.75) is 37.5 Å². The van der Waals surface area contributed by atoms with E-state index in [2.05, 4.69) is 6.07 Å². The first-order chi connectivity index (χ1) is 6.37. The van der Waals surface area contributed by atoms with Crippen LogP contribution in [-0.2, 0) is 5.41 Å². The molecule has 1 aliphatic carbocycles. The lowest BCUT2D eigenvalue weighted by atomic mass is 9.80. The Balaban J connectivity index is 2.22. The van der Waals surface area contributed by atoms with Gasteiger partial charge in [0.2, 0.25) is 0 Å². The van der Waals surface area contributed by atoms with Crippen LogP contribution in [0.3, 0.4) is 0 Å². The fourth-order valence-electron chi connectivity index (χ4n) is 2.53. The molecule has 1 heterocycles. The number of furan rings is 1. The Morgan fingerprint density at radius 2 is 2.15 bits per heavy atom. The van der Waals surface area contributed by atoms with Crippen LogP contribution in [0.5, 0.6) is 0 Å². The van der Waals surface area contributed by atoms with Crippen molar-refractivity contribution < 1.29 is 4.42 Å². The molecule has 1 aromatic heterocycles. The molecule has 1 fully saturated rings. The average molecular weight is 179 g/mol. The van der Waals surface area contributed by atoms with Crippen molar-refractivity contribution in [2.24, 2.45) is 5.73 Å². The summed E-state index contributed by atoms with van der Waals surface area (Å²) in [6.07, 6.45) is 7.98. The average Bonchev–Trinajstić information content (AvgIpc) is 2.73. The van der Waals surface area contributed by atoms with E-state index in [0.29, 0.717) is 0 Å². The largest absolute Gasteiger partial charge is 0.469 e. The minimum atomic E-state index is 0.276. The lowest BCUT2D eigenvalue weighted by molar-refractivity contribution is 0.323. The van der Waals surface area contributed by atoms with E-state index in [1.165, 1.54) is 25.7 Å². The molecule has 1 aliphatic rings. The minimum Gasteiger partial charge on any atom is -0.469 e. The molecular weight excluding hydrogens is 162 g/mol. The molecule has 0 saturated heterocycles. The van der Waals surface area contributed by atoms with Crippen molar-refractivity contribution >= 4 is 0 Å². The Bertz CT molecular complexity index is 247. The molecule has 1 aromatic rings. The standard InChI is InChI=1S/C11H17NO/c12-8-7-11(5-1-2-6-11)10-4-3-9-13-10/h3-4,9H,1-2,5-8,12H2. The van der Waals surface area contributed by atoms with Gasteiger partial charge in [-0.25, -0.2) is 0 Å². The SMILES string of the molecule is NCCC1(c2ccco2)CCCC1. The number of nitrogens with two attached hydrogens (primary N) is 1. The molecule has 72 valence electrons. The van der Waals surface area contributed by atoms with Gasteiger partial charge in [0.05, 0.1) is 6.26 Å². The number of rotatable bonds is 3. The van der Waals surface area contributed by atoms with E-state index in [0.717, 1.165) is 18.7 Å². The molecule has 0 aromatic carbocycles. The van der Waals surface area contributed by atoms with E-state index in [1.54, 1.807) is 6.26 Å². The van der Waals surface area contributed by atoms with Crippen molar-refractivity contribution in [2.75, 3.05) is 6.54 Å². The fraction of sp³-hybridized carbons (Fsp3) is 0.636. The summed E-state index contributed by atoms with van der Waals surface area (Å²) in [6, 6.07) is 4.08. The highest BCUT2D eigenvalue weighted by molar-refractivity contribution is 5.15. The summed E-state index contributed by atoms with van der Waals surface area (Å²) in [7, 11) is 0. The molecule has 0 aliphatic heterocycles. The van der Waals surface area contributed by atoms with Crippen LogP contribution < -0.4 is 5.73 Å². The van der Waals surface area contributed by atoms with Crippen LogP contribution in [0.15, 0.2) is 22.8 Å². The molecule has 2 rings (SSSR count). The number of hydrogen-bond acceptors (Lipinski definition) is 2. The Morgan fingerprint density at radius 3 is 2.69 bits per heavy atom. The van der Waals surface area contributed by atoms with Gasteiger partial charge in [-0.2, -0.15) is 0 Å². The van der Waals surface area contributed by atoms with Crippen LogP contribution in [0.2, 0.25) is 0 Å². The summed E-state index contributed by atoms with van der Waals surface area (Å²) >= 11 is 0. The Kier molecular flexibility index (Phi) is 2.40. The van der Waals surface area contributed by atoms with Gasteiger partial charge in [0, 0.05) is 5.41 Å². The van der Waals surface area contributed by atoms with E-state index in [9.17, 15) is 0 Å². The lowest BCUT2D eigenvalue weighted by Gasteiger charge is -2.25. The van der Waals surface area contributed by atoms with E-state index in [-0.39, 0.29) is 5.41 Å². The smallest absolute Gasteiger partial charge is 0.109 e. The van der Waals surface area contributed by atoms with Gasteiger partial charge in [0.1, 0.15) is 5.76 Å². The maximum Gasteiger partial charge on any atom is 0.109 e. The van der Waals surface area contributed by atoms with Gasteiger partial charge < -0.3 is 10.2 Å². The first-order valence-corrected chi connectivity index (χ1v) is 5.11. The van der Waals surface area contributed by atoms with E-state index >= 15 is 0 Å². The van der Waals surface area contributed by atoms with Crippen molar-refractivity contribution in [1.82, 2.24) is 0 Å². The van der Waals surface area contributed by atoms with E-state index in [1.807, 2.05) is 6.07 Å². The molecule has 0 amide bonds. The van der Waals surface area contributed by atoms with E-state index in [4.69, 9.17) is 10.2 Å². The van der Waals surface area contributed by atoms with Crippen molar-refractivity contribution in [3.05, 3.63) is 24.2 Å². The van der Waals surface area contributed by atoms with Gasteiger partial charge in [-0.05, 0) is 37.9 Å². The number of hydrogen-bond donors (Lipinski definition) is 1. The summed E-state index contributed by atoms with van der Waals surface area (Å²) < 4.78 is 5.52. The van der Waals surface area contributed by atoms with Gasteiger partial charge in [0.15, 0.2) is 0 Å². The molecule has 2 heteroatoms. The quantitative estimate of drug-likeness (QED) is 0.774. The molecule has 1 saturated carbocycles. The summed E-state index contributed by atoms with van der Waals surface area (Å²) in [5, 5.41) is 0. The molecule has 0 unspecified atom stereocenters. The first-order valence-electron chi connectivity index (χ1n) is 5.11. The molecule has 2 nitrogen and oxygen atoms in total. The molecule has 0 spiro atoms. The molecule has 0 atom stereocenters. The van der Waals surface area contributed by atoms with Crippen LogP contribution >= 0.6 is 0 Å². The van der Waals surface area contributed by atoms with Gasteiger partial charge in [0.25, 0.3) is 0 Å². The van der Waals surface area contributed by atoms with Crippen LogP contribution in [-0.4, -0.2) is 6.54 Å². The zero-order chi connectivity index (χ0) is 9.15. The Morgan fingerprint density at radius 1 is 1.38 bits per heavy atom. The predicted octanol–water partition coefficient (Wildman–Crippen LogP) is 2.44. The van der Waals surface area contributed by atoms with Gasteiger partial charge in [-0.15, -0.1) is 0 Å². The van der Waals surface area contributed by atoms with Gasteiger partial charge >= 0.3 is 0 Å². The predicted molar refractivity (Wildman–Crippen MR) is 52.5 cm³/mol. The highest BCUT2D eigenvalue weighted by Crippen LogP contribution is 2.43. The summed E-state index contributed by atoms with van der Waals surface area (Å²) in [4.78, 5) is 0. The Hall–Kier alpha value is -0.760. The third kappa shape index (κ3) is 1.51. The second-order valence-electron chi connectivity index (χ2n) is 4.00. The Labute approximate surface area is 79.1 Å². The molecule has 0 bridgehead atoms. The summed E-state index contributed by atoms with van der Waals surface area (Å²) in [5.74, 6) is 1.15. The highest BCUT2D eigenvalue weighted by atomic mass is 16.3. The third-order valence-corrected chi connectivity index (χ3v) is 3.23. The van der Waals surface area contributed by atoms with Crippen LogP contribution in [0.4, 0.5) is 0 Å². The summed E-state index contributed by atoms with van der Waals surface area (Å²) in [5.41, 5.74) is 5.93. The lowest BCUT2D eigenvalue weighted by Crippen LogP contribution is -2.25. The molecular formula is C11H17NO. The maximum absolute atomic E-state index is 5.66. The van der Waals surface area contributed by atoms with Crippen molar-refractivity contribution in [1.29, 1.82) is 0 Å². The topological polar surface area (TPSA) is 39.2 Å². The van der Waals surface area contributed by atoms with Crippen molar-refractivity contribution in [3.8, 4) is 0 Å². The van der Waals surface area contributed by atoms with Crippen LogP contribution in [0.25, 0.3) is 0 Å². The fourth-order valence-corrected chi connectivity index (χ4v) is 2.53. The molecule has 0 radical (unpaired) electrons. The van der Waals surface area contributed by atoms with Crippen LogP contribution in [0, 0.1) is 0 Å². The third-order valence-electron chi connectivity index (χ3n) is 3.23. The van der Waals surface area contributed by atoms with Crippen LogP contribution in [0.1, 0.15) is 37.9 Å². The second kappa shape index (κ2) is 3.54. The zero-order valence-electron chi connectivity index (χ0n) is 7.96. The molecule has 13 heavy (non-hydrogen) atoms. The maximum atomic E-state index is 5.66. The monoisotopic (exact) mass is 179 g/mol. The summed E-state index contributed by atoms with van der Waals surface area (Å²) in [6.45, 7) is 0.765. The normalized spacial score (nSPS) is 20.7. The van der Waals surface area contributed by atoms with Gasteiger partial charge in [-0.1, -0.05) is 12.8 Å². The highest BCUT2D eigenvalue weighted by Gasteiger charge is 2.36.